The Morgan fingerprint density at radius 3 is 2.24 bits per heavy atom. The van der Waals surface area contributed by atoms with E-state index < -0.39 is 0 Å². The highest BCUT2D eigenvalue weighted by Crippen LogP contribution is 2.30. The molecule has 34 heavy (non-hydrogen) atoms. The zero-order valence-corrected chi connectivity index (χ0v) is 19.7. The van der Waals surface area contributed by atoms with E-state index in [2.05, 4.69) is 60.0 Å². The second-order valence-electron chi connectivity index (χ2n) is 8.33. The number of ether oxygens (including phenoxy) is 3. The average molecular weight is 453 g/mol. The van der Waals surface area contributed by atoms with Crippen LogP contribution in [0.4, 0.5) is 0 Å². The van der Waals surface area contributed by atoms with E-state index in [0.717, 1.165) is 39.5 Å². The zero-order valence-electron chi connectivity index (χ0n) is 19.7. The molecule has 0 bridgehead atoms. The summed E-state index contributed by atoms with van der Waals surface area (Å²) in [5.74, 6) is 3.67. The van der Waals surface area contributed by atoms with Gasteiger partial charge in [-0.3, -0.25) is 0 Å². The Balaban J connectivity index is 1.43. The van der Waals surface area contributed by atoms with Crippen molar-refractivity contribution < 1.29 is 14.2 Å². The molecule has 0 amide bonds. The summed E-state index contributed by atoms with van der Waals surface area (Å²) in [5.41, 5.74) is 3.35. The lowest BCUT2D eigenvalue weighted by Gasteiger charge is -2.16. The van der Waals surface area contributed by atoms with Gasteiger partial charge in [-0.1, -0.05) is 43.3 Å². The van der Waals surface area contributed by atoms with Gasteiger partial charge in [-0.05, 0) is 64.9 Å². The summed E-state index contributed by atoms with van der Waals surface area (Å²) in [6, 6.07) is 28.7. The van der Waals surface area contributed by atoms with Crippen molar-refractivity contribution in [3.8, 4) is 17.2 Å². The molecule has 0 radical (unpaired) electrons. The third-order valence-corrected chi connectivity index (χ3v) is 6.29. The summed E-state index contributed by atoms with van der Waals surface area (Å²) >= 11 is 0. The summed E-state index contributed by atoms with van der Waals surface area (Å²) in [4.78, 5) is 5.02. The van der Waals surface area contributed by atoms with Crippen LogP contribution < -0.4 is 14.2 Å². The summed E-state index contributed by atoms with van der Waals surface area (Å²) < 4.78 is 18.9. The van der Waals surface area contributed by atoms with Gasteiger partial charge >= 0.3 is 0 Å². The number of nitrogens with zero attached hydrogens (tertiary/aromatic N) is 2. The zero-order chi connectivity index (χ0) is 23.5. The monoisotopic (exact) mass is 452 g/mol. The second kappa shape index (κ2) is 9.48. The molecule has 0 aliphatic carbocycles. The number of rotatable bonds is 8. The summed E-state index contributed by atoms with van der Waals surface area (Å²) in [5, 5.41) is 2.35. The van der Waals surface area contributed by atoms with E-state index in [1.54, 1.807) is 14.2 Å². The Bertz CT molecular complexity index is 1420. The van der Waals surface area contributed by atoms with Gasteiger partial charge in [0.05, 0.1) is 31.8 Å². The van der Waals surface area contributed by atoms with Crippen LogP contribution in [0, 0.1) is 0 Å². The maximum atomic E-state index is 6.03. The molecule has 1 heterocycles. The van der Waals surface area contributed by atoms with E-state index in [9.17, 15) is 0 Å². The first-order valence-electron chi connectivity index (χ1n) is 11.5. The normalized spacial score (nSPS) is 12.1. The number of fused-ring (bicyclic) bond motifs is 2. The van der Waals surface area contributed by atoms with Gasteiger partial charge in [-0.25, -0.2) is 4.98 Å². The van der Waals surface area contributed by atoms with Gasteiger partial charge in [0.15, 0.2) is 0 Å². The fourth-order valence-electron chi connectivity index (χ4n) is 4.37. The van der Waals surface area contributed by atoms with Crippen LogP contribution in [0.15, 0.2) is 84.9 Å². The summed E-state index contributed by atoms with van der Waals surface area (Å²) in [6.07, 6.45) is 0. The lowest BCUT2D eigenvalue weighted by atomic mass is 9.97. The maximum absolute atomic E-state index is 6.03. The van der Waals surface area contributed by atoms with E-state index in [0.29, 0.717) is 13.2 Å². The quantitative estimate of drug-likeness (QED) is 0.272. The molecular formula is C29H28N2O3. The van der Waals surface area contributed by atoms with E-state index in [1.807, 2.05) is 36.4 Å². The highest BCUT2D eigenvalue weighted by Gasteiger charge is 2.18. The largest absolute Gasteiger partial charge is 0.497 e. The van der Waals surface area contributed by atoms with Crippen LogP contribution >= 0.6 is 0 Å². The minimum Gasteiger partial charge on any atom is -0.497 e. The molecule has 1 aromatic heterocycles. The molecule has 0 saturated carbocycles. The molecule has 0 aliphatic rings. The average Bonchev–Trinajstić information content (AvgIpc) is 3.26. The van der Waals surface area contributed by atoms with Crippen molar-refractivity contribution >= 4 is 21.8 Å². The Hall–Kier alpha value is -3.99. The van der Waals surface area contributed by atoms with Gasteiger partial charge in [0.2, 0.25) is 0 Å². The van der Waals surface area contributed by atoms with Crippen LogP contribution in [0.3, 0.4) is 0 Å². The Morgan fingerprint density at radius 1 is 0.765 bits per heavy atom. The van der Waals surface area contributed by atoms with Gasteiger partial charge in [0.1, 0.15) is 29.7 Å². The number of hydrogen-bond acceptors (Lipinski definition) is 4. The molecule has 5 heteroatoms. The number of para-hydroxylation sites is 2. The Morgan fingerprint density at radius 2 is 1.44 bits per heavy atom. The van der Waals surface area contributed by atoms with Crippen LogP contribution in [0.1, 0.15) is 24.2 Å². The van der Waals surface area contributed by atoms with E-state index in [-0.39, 0.29) is 5.92 Å². The summed E-state index contributed by atoms with van der Waals surface area (Å²) in [6.45, 7) is 3.47. The molecule has 5 rings (SSSR count). The fourth-order valence-corrected chi connectivity index (χ4v) is 4.37. The predicted molar refractivity (Wildman–Crippen MR) is 136 cm³/mol. The van der Waals surface area contributed by atoms with Crippen molar-refractivity contribution in [3.05, 3.63) is 96.3 Å². The van der Waals surface area contributed by atoms with Crippen LogP contribution in [0.2, 0.25) is 0 Å². The predicted octanol–water partition coefficient (Wildman–Crippen LogP) is 6.44. The highest BCUT2D eigenvalue weighted by molar-refractivity contribution is 5.85. The van der Waals surface area contributed by atoms with Gasteiger partial charge in [-0.2, -0.15) is 0 Å². The van der Waals surface area contributed by atoms with Gasteiger partial charge in [0, 0.05) is 5.92 Å². The number of hydrogen-bond donors (Lipinski definition) is 0. The second-order valence-corrected chi connectivity index (χ2v) is 8.33. The van der Waals surface area contributed by atoms with Crippen molar-refractivity contribution in [1.82, 2.24) is 9.55 Å². The van der Waals surface area contributed by atoms with E-state index in [4.69, 9.17) is 19.2 Å². The van der Waals surface area contributed by atoms with Crippen molar-refractivity contribution in [2.24, 2.45) is 0 Å². The third-order valence-electron chi connectivity index (χ3n) is 6.29. The van der Waals surface area contributed by atoms with Gasteiger partial charge < -0.3 is 18.8 Å². The molecule has 1 unspecified atom stereocenters. The molecule has 0 aliphatic heterocycles. The highest BCUT2D eigenvalue weighted by atomic mass is 16.5. The van der Waals surface area contributed by atoms with Crippen molar-refractivity contribution in [1.29, 1.82) is 0 Å². The van der Waals surface area contributed by atoms with Gasteiger partial charge in [0.25, 0.3) is 0 Å². The van der Waals surface area contributed by atoms with E-state index >= 15 is 0 Å². The first kappa shape index (κ1) is 21.8. The molecular weight excluding hydrogens is 424 g/mol. The molecule has 0 N–H and O–H groups in total. The molecule has 5 aromatic rings. The molecule has 0 saturated heterocycles. The maximum Gasteiger partial charge on any atom is 0.119 e. The first-order chi connectivity index (χ1) is 16.7. The van der Waals surface area contributed by atoms with Crippen molar-refractivity contribution in [2.45, 2.75) is 19.4 Å². The van der Waals surface area contributed by atoms with Gasteiger partial charge in [-0.15, -0.1) is 0 Å². The number of aromatic nitrogens is 2. The standard InChI is InChI=1S/C29H28N2O3/c1-20(21-8-9-23-19-26(33-3)11-10-22(23)18-21)29-30-27-6-4-5-7-28(27)31(29)16-17-34-25-14-12-24(32-2)13-15-25/h4-15,18-20H,16-17H2,1-3H3. The Labute approximate surface area is 199 Å². The molecule has 4 aromatic carbocycles. The molecule has 1 atom stereocenters. The SMILES string of the molecule is COc1ccc(OCCn2c(C(C)c3ccc4cc(OC)ccc4c3)nc3ccccc32)cc1. The van der Waals surface area contributed by atoms with Crippen molar-refractivity contribution in [3.63, 3.8) is 0 Å². The number of imidazole rings is 1. The number of methoxy groups -OCH3 is 2. The fraction of sp³-hybridized carbons (Fsp3) is 0.207. The molecule has 172 valence electrons. The Kier molecular flexibility index (Phi) is 6.09. The van der Waals surface area contributed by atoms with Crippen LogP contribution in [0.5, 0.6) is 17.2 Å². The first-order valence-corrected chi connectivity index (χ1v) is 11.5. The third kappa shape index (κ3) is 4.29. The van der Waals surface area contributed by atoms with Crippen LogP contribution in [-0.4, -0.2) is 30.4 Å². The molecule has 0 fully saturated rings. The molecule has 5 nitrogen and oxygen atoms in total. The van der Waals surface area contributed by atoms with Crippen LogP contribution in [0.25, 0.3) is 21.8 Å². The summed E-state index contributed by atoms with van der Waals surface area (Å²) in [7, 11) is 3.36. The minimum absolute atomic E-state index is 0.125. The lowest BCUT2D eigenvalue weighted by molar-refractivity contribution is 0.297. The topological polar surface area (TPSA) is 45.5 Å². The van der Waals surface area contributed by atoms with Crippen LogP contribution in [-0.2, 0) is 6.54 Å². The molecule has 0 spiro atoms. The van der Waals surface area contributed by atoms with E-state index in [1.165, 1.54) is 10.9 Å². The lowest BCUT2D eigenvalue weighted by Crippen LogP contribution is -2.13. The van der Waals surface area contributed by atoms with Crippen molar-refractivity contribution in [2.75, 3.05) is 20.8 Å². The number of benzene rings is 4. The smallest absolute Gasteiger partial charge is 0.119 e. The minimum atomic E-state index is 0.125.